The SMILES string of the molecule is CCC(C)NCc1nc(CSC2CCCCC2)no1. The zero-order valence-electron chi connectivity index (χ0n) is 12.0. The molecule has 0 aliphatic heterocycles. The van der Waals surface area contributed by atoms with Gasteiger partial charge in [-0.15, -0.1) is 0 Å². The Balaban J connectivity index is 1.70. The molecule has 0 aromatic carbocycles. The molecular formula is C14H25N3OS. The summed E-state index contributed by atoms with van der Waals surface area (Å²) in [5.74, 6) is 2.44. The molecule has 0 bridgehead atoms. The molecule has 19 heavy (non-hydrogen) atoms. The van der Waals surface area contributed by atoms with Gasteiger partial charge in [0.2, 0.25) is 5.89 Å². The van der Waals surface area contributed by atoms with E-state index >= 15 is 0 Å². The van der Waals surface area contributed by atoms with Crippen molar-refractivity contribution in [1.29, 1.82) is 0 Å². The van der Waals surface area contributed by atoms with Crippen LogP contribution in [0.1, 0.15) is 64.1 Å². The van der Waals surface area contributed by atoms with Crippen molar-refractivity contribution >= 4 is 11.8 Å². The molecule has 0 radical (unpaired) electrons. The van der Waals surface area contributed by atoms with Gasteiger partial charge in [0, 0.05) is 11.3 Å². The molecule has 1 aliphatic rings. The van der Waals surface area contributed by atoms with Crippen LogP contribution in [0, 0.1) is 0 Å². The molecule has 0 spiro atoms. The minimum Gasteiger partial charge on any atom is -0.338 e. The highest BCUT2D eigenvalue weighted by atomic mass is 32.2. The first-order valence-corrected chi connectivity index (χ1v) is 8.49. The lowest BCUT2D eigenvalue weighted by molar-refractivity contribution is 0.355. The van der Waals surface area contributed by atoms with E-state index in [9.17, 15) is 0 Å². The van der Waals surface area contributed by atoms with Crippen LogP contribution < -0.4 is 5.32 Å². The van der Waals surface area contributed by atoms with Gasteiger partial charge in [-0.3, -0.25) is 0 Å². The number of nitrogens with zero attached hydrogens (tertiary/aromatic N) is 2. The Kier molecular flexibility index (Phi) is 6.17. The van der Waals surface area contributed by atoms with Crippen molar-refractivity contribution in [1.82, 2.24) is 15.5 Å². The van der Waals surface area contributed by atoms with Crippen molar-refractivity contribution in [3.63, 3.8) is 0 Å². The summed E-state index contributed by atoms with van der Waals surface area (Å²) >= 11 is 1.99. The third kappa shape index (κ3) is 5.15. The lowest BCUT2D eigenvalue weighted by Gasteiger charge is -2.19. The molecule has 1 unspecified atom stereocenters. The normalized spacial score (nSPS) is 18.6. The maximum atomic E-state index is 5.26. The number of rotatable bonds is 7. The molecule has 1 heterocycles. The predicted molar refractivity (Wildman–Crippen MR) is 79.1 cm³/mol. The van der Waals surface area contributed by atoms with Gasteiger partial charge in [0.05, 0.1) is 12.3 Å². The van der Waals surface area contributed by atoms with Gasteiger partial charge in [0.25, 0.3) is 0 Å². The number of hydrogen-bond acceptors (Lipinski definition) is 5. The van der Waals surface area contributed by atoms with E-state index in [2.05, 4.69) is 29.3 Å². The van der Waals surface area contributed by atoms with E-state index in [1.807, 2.05) is 11.8 Å². The van der Waals surface area contributed by atoms with Crippen LogP contribution in [0.4, 0.5) is 0 Å². The molecule has 4 nitrogen and oxygen atoms in total. The monoisotopic (exact) mass is 283 g/mol. The van der Waals surface area contributed by atoms with Crippen LogP contribution in [-0.2, 0) is 12.3 Å². The lowest BCUT2D eigenvalue weighted by atomic mass is 10.0. The molecule has 1 aliphatic carbocycles. The first-order valence-electron chi connectivity index (χ1n) is 7.44. The molecule has 108 valence electrons. The van der Waals surface area contributed by atoms with Crippen molar-refractivity contribution in [2.24, 2.45) is 0 Å². The highest BCUT2D eigenvalue weighted by molar-refractivity contribution is 7.99. The molecular weight excluding hydrogens is 258 g/mol. The van der Waals surface area contributed by atoms with Gasteiger partial charge >= 0.3 is 0 Å². The number of thioether (sulfide) groups is 1. The number of aromatic nitrogens is 2. The second-order valence-electron chi connectivity index (χ2n) is 5.37. The Morgan fingerprint density at radius 2 is 2.16 bits per heavy atom. The molecule has 1 N–H and O–H groups in total. The molecule has 2 rings (SSSR count). The smallest absolute Gasteiger partial charge is 0.240 e. The fourth-order valence-corrected chi connectivity index (χ4v) is 3.42. The minimum absolute atomic E-state index is 0.493. The van der Waals surface area contributed by atoms with Gasteiger partial charge in [0.1, 0.15) is 0 Å². The second kappa shape index (κ2) is 7.90. The Morgan fingerprint density at radius 1 is 1.37 bits per heavy atom. The fourth-order valence-electron chi connectivity index (χ4n) is 2.25. The first-order chi connectivity index (χ1) is 9.28. The van der Waals surface area contributed by atoms with Crippen LogP contribution in [-0.4, -0.2) is 21.4 Å². The highest BCUT2D eigenvalue weighted by Crippen LogP contribution is 2.29. The van der Waals surface area contributed by atoms with E-state index in [1.165, 1.54) is 32.1 Å². The van der Waals surface area contributed by atoms with Crippen LogP contribution in [0.3, 0.4) is 0 Å². The largest absolute Gasteiger partial charge is 0.338 e. The lowest BCUT2D eigenvalue weighted by Crippen LogP contribution is -2.24. The predicted octanol–water partition coefficient (Wildman–Crippen LogP) is 3.52. The molecule has 1 aromatic heterocycles. The average Bonchev–Trinajstić information content (AvgIpc) is 2.91. The van der Waals surface area contributed by atoms with Gasteiger partial charge in [-0.1, -0.05) is 31.3 Å². The molecule has 0 amide bonds. The van der Waals surface area contributed by atoms with E-state index in [4.69, 9.17) is 4.52 Å². The minimum atomic E-state index is 0.493. The Bertz CT molecular complexity index is 363. The summed E-state index contributed by atoms with van der Waals surface area (Å²) in [6.07, 6.45) is 7.99. The van der Waals surface area contributed by atoms with Crippen LogP contribution in [0.5, 0.6) is 0 Å². The zero-order chi connectivity index (χ0) is 13.5. The van der Waals surface area contributed by atoms with Gasteiger partial charge in [0.15, 0.2) is 5.82 Å². The zero-order valence-corrected chi connectivity index (χ0v) is 12.8. The quantitative estimate of drug-likeness (QED) is 0.829. The fraction of sp³-hybridized carbons (Fsp3) is 0.857. The van der Waals surface area contributed by atoms with E-state index in [1.54, 1.807) is 0 Å². The maximum Gasteiger partial charge on any atom is 0.240 e. The standard InChI is InChI=1S/C14H25N3OS/c1-3-11(2)15-9-14-16-13(17-18-14)10-19-12-7-5-4-6-8-12/h11-12,15H,3-10H2,1-2H3. The third-order valence-corrected chi connectivity index (χ3v) is 5.09. The van der Waals surface area contributed by atoms with Crippen LogP contribution >= 0.6 is 11.8 Å². The topological polar surface area (TPSA) is 51.0 Å². The van der Waals surface area contributed by atoms with Crippen molar-refractivity contribution in [3.8, 4) is 0 Å². The summed E-state index contributed by atoms with van der Waals surface area (Å²) in [6.45, 7) is 5.00. The molecule has 5 heteroatoms. The van der Waals surface area contributed by atoms with Gasteiger partial charge in [-0.2, -0.15) is 16.7 Å². The number of nitrogens with one attached hydrogen (secondary N) is 1. The van der Waals surface area contributed by atoms with Crippen molar-refractivity contribution < 1.29 is 4.52 Å². The Hall–Kier alpha value is -0.550. The molecule has 1 fully saturated rings. The molecule has 1 atom stereocenters. The molecule has 0 saturated heterocycles. The second-order valence-corrected chi connectivity index (χ2v) is 6.65. The van der Waals surface area contributed by atoms with Crippen LogP contribution in [0.25, 0.3) is 0 Å². The van der Waals surface area contributed by atoms with Crippen molar-refractivity contribution in [2.45, 2.75) is 76.0 Å². The third-order valence-electron chi connectivity index (χ3n) is 3.72. The molecule has 1 aromatic rings. The summed E-state index contributed by atoms with van der Waals surface area (Å²) in [4.78, 5) is 4.44. The van der Waals surface area contributed by atoms with Crippen molar-refractivity contribution in [3.05, 3.63) is 11.7 Å². The van der Waals surface area contributed by atoms with Gasteiger partial charge in [-0.05, 0) is 26.2 Å². The summed E-state index contributed by atoms with van der Waals surface area (Å²) in [7, 11) is 0. The van der Waals surface area contributed by atoms with Gasteiger partial charge < -0.3 is 9.84 Å². The summed E-state index contributed by atoms with van der Waals surface area (Å²) in [5.41, 5.74) is 0. The average molecular weight is 283 g/mol. The van der Waals surface area contributed by atoms with E-state index < -0.39 is 0 Å². The van der Waals surface area contributed by atoms with Crippen LogP contribution in [0.15, 0.2) is 4.52 Å². The summed E-state index contributed by atoms with van der Waals surface area (Å²) < 4.78 is 5.26. The maximum absolute atomic E-state index is 5.26. The van der Waals surface area contributed by atoms with E-state index in [0.29, 0.717) is 18.5 Å². The Morgan fingerprint density at radius 3 is 2.89 bits per heavy atom. The summed E-state index contributed by atoms with van der Waals surface area (Å²) in [6, 6.07) is 0.493. The molecule has 1 saturated carbocycles. The highest BCUT2D eigenvalue weighted by Gasteiger charge is 2.15. The van der Waals surface area contributed by atoms with Crippen molar-refractivity contribution in [2.75, 3.05) is 0 Å². The number of hydrogen-bond donors (Lipinski definition) is 1. The van der Waals surface area contributed by atoms with Gasteiger partial charge in [-0.25, -0.2) is 0 Å². The summed E-state index contributed by atoms with van der Waals surface area (Å²) in [5, 5.41) is 8.22. The van der Waals surface area contributed by atoms with E-state index in [0.717, 1.165) is 23.2 Å². The Labute approximate surface area is 120 Å². The first kappa shape index (κ1) is 14.9. The van der Waals surface area contributed by atoms with E-state index in [-0.39, 0.29) is 0 Å². The van der Waals surface area contributed by atoms with Crippen LogP contribution in [0.2, 0.25) is 0 Å².